The van der Waals surface area contributed by atoms with Gasteiger partial charge in [0.1, 0.15) is 0 Å². The minimum Gasteiger partial charge on any atom is -1.00 e. The molecule has 0 atom stereocenters. The molecule has 3 rings (SSSR count). The lowest BCUT2D eigenvalue weighted by molar-refractivity contribution is -0.914. The number of halogens is 1. The molecule has 0 spiro atoms. The highest BCUT2D eigenvalue weighted by Gasteiger charge is 2.53. The summed E-state index contributed by atoms with van der Waals surface area (Å²) in [6.45, 7) is 2.80. The van der Waals surface area contributed by atoms with Crippen LogP contribution in [-0.2, 0) is 14.9 Å². The highest BCUT2D eigenvalue weighted by molar-refractivity contribution is 5.86. The Morgan fingerprint density at radius 3 is 2.35 bits per heavy atom. The van der Waals surface area contributed by atoms with Gasteiger partial charge < -0.3 is 17.1 Å². The molecule has 0 aromatic heterocycles. The van der Waals surface area contributed by atoms with Crippen molar-refractivity contribution in [2.45, 2.75) is 31.1 Å². The number of hydrogen-bond acceptors (Lipinski definition) is 2. The van der Waals surface area contributed by atoms with Crippen LogP contribution in [0.4, 0.5) is 0 Å². The van der Waals surface area contributed by atoms with Crippen LogP contribution in [-0.4, -0.2) is 37.3 Å². The first kappa shape index (κ1) is 15.3. The first-order valence-corrected chi connectivity index (χ1v) is 7.21. The fourth-order valence-electron chi connectivity index (χ4n) is 3.07. The Kier molecular flexibility index (Phi) is 4.40. The van der Waals surface area contributed by atoms with Crippen LogP contribution in [0.1, 0.15) is 31.2 Å². The van der Waals surface area contributed by atoms with Crippen molar-refractivity contribution in [2.75, 3.05) is 26.9 Å². The third-order valence-corrected chi connectivity index (χ3v) is 4.62. The number of hydrogen-bond donors (Lipinski definition) is 0. The number of quaternary nitrogens is 1. The maximum atomic E-state index is 12.4. The third kappa shape index (κ3) is 2.84. The fraction of sp³-hybridized carbons (Fsp3) is 0.562. The zero-order valence-corrected chi connectivity index (χ0v) is 12.7. The predicted molar refractivity (Wildman–Crippen MR) is 73.5 cm³/mol. The van der Waals surface area contributed by atoms with Gasteiger partial charge in [-0.3, -0.25) is 9.28 Å². The molecule has 1 aromatic rings. The van der Waals surface area contributed by atoms with Gasteiger partial charge in [-0.05, 0) is 18.4 Å². The summed E-state index contributed by atoms with van der Waals surface area (Å²) in [4.78, 5) is 12.4. The molecule has 0 amide bonds. The van der Waals surface area contributed by atoms with Crippen molar-refractivity contribution in [1.29, 1.82) is 0 Å². The molecule has 1 heterocycles. The summed E-state index contributed by atoms with van der Waals surface area (Å²) < 4.78 is 6.53. The van der Waals surface area contributed by atoms with E-state index in [0.717, 1.165) is 36.0 Å². The van der Waals surface area contributed by atoms with E-state index in [0.29, 0.717) is 6.73 Å². The molecule has 2 fully saturated rings. The van der Waals surface area contributed by atoms with Gasteiger partial charge >= 0.3 is 5.97 Å². The van der Waals surface area contributed by atoms with Gasteiger partial charge in [-0.2, -0.15) is 0 Å². The molecule has 1 aliphatic carbocycles. The van der Waals surface area contributed by atoms with Gasteiger partial charge in [0.2, 0.25) is 6.73 Å². The van der Waals surface area contributed by atoms with Crippen LogP contribution in [0.3, 0.4) is 0 Å². The van der Waals surface area contributed by atoms with Gasteiger partial charge in [-0.15, -0.1) is 0 Å². The number of benzene rings is 1. The molecular weight excluding hydrogens is 274 g/mol. The number of rotatable bonds is 4. The fourth-order valence-corrected chi connectivity index (χ4v) is 3.07. The number of carbonyl (C=O) groups is 1. The normalized spacial score (nSPS) is 21.9. The van der Waals surface area contributed by atoms with Crippen LogP contribution in [0.2, 0.25) is 0 Å². The van der Waals surface area contributed by atoms with Crippen LogP contribution in [0.15, 0.2) is 30.3 Å². The maximum absolute atomic E-state index is 12.4. The van der Waals surface area contributed by atoms with Crippen LogP contribution in [0.25, 0.3) is 0 Å². The topological polar surface area (TPSA) is 26.3 Å². The molecular formula is C16H22ClNO2. The Morgan fingerprint density at radius 1 is 1.20 bits per heavy atom. The molecule has 0 bridgehead atoms. The van der Waals surface area contributed by atoms with E-state index in [1.54, 1.807) is 0 Å². The van der Waals surface area contributed by atoms with Gasteiger partial charge in [-0.1, -0.05) is 30.3 Å². The maximum Gasteiger partial charge on any atom is 0.320 e. The van der Waals surface area contributed by atoms with E-state index >= 15 is 0 Å². The van der Waals surface area contributed by atoms with Crippen LogP contribution < -0.4 is 12.4 Å². The average Bonchev–Trinajstić information content (AvgIpc) is 3.15. The van der Waals surface area contributed by atoms with Crippen molar-refractivity contribution in [3.63, 3.8) is 0 Å². The van der Waals surface area contributed by atoms with Gasteiger partial charge in [0.15, 0.2) is 0 Å². The minimum atomic E-state index is -0.333. The van der Waals surface area contributed by atoms with Crippen LogP contribution in [0, 0.1) is 0 Å². The second kappa shape index (κ2) is 5.74. The SMILES string of the molecule is C[N+]1(COC(=O)C2(c3ccccc3)CC2)CCCC1.[Cl-]. The highest BCUT2D eigenvalue weighted by Crippen LogP contribution is 2.49. The van der Waals surface area contributed by atoms with Crippen molar-refractivity contribution in [1.82, 2.24) is 0 Å². The monoisotopic (exact) mass is 295 g/mol. The van der Waals surface area contributed by atoms with Crippen LogP contribution in [0.5, 0.6) is 0 Å². The zero-order valence-electron chi connectivity index (χ0n) is 12.0. The summed E-state index contributed by atoms with van der Waals surface area (Å²) in [5.41, 5.74) is 0.782. The summed E-state index contributed by atoms with van der Waals surface area (Å²) in [6.07, 6.45) is 4.36. The summed E-state index contributed by atoms with van der Waals surface area (Å²) in [5, 5.41) is 0. The van der Waals surface area contributed by atoms with Crippen molar-refractivity contribution < 1.29 is 26.4 Å². The molecule has 0 radical (unpaired) electrons. The molecule has 0 N–H and O–H groups in total. The first-order chi connectivity index (χ1) is 9.15. The van der Waals surface area contributed by atoms with E-state index in [-0.39, 0.29) is 23.8 Å². The van der Waals surface area contributed by atoms with E-state index in [9.17, 15) is 4.79 Å². The van der Waals surface area contributed by atoms with E-state index in [2.05, 4.69) is 7.05 Å². The summed E-state index contributed by atoms with van der Waals surface area (Å²) in [7, 11) is 2.18. The lowest BCUT2D eigenvalue weighted by Crippen LogP contribution is -3.00. The van der Waals surface area contributed by atoms with Crippen molar-refractivity contribution in [3.8, 4) is 0 Å². The molecule has 1 aliphatic heterocycles. The smallest absolute Gasteiger partial charge is 0.320 e. The number of ether oxygens (including phenoxy) is 1. The minimum absolute atomic E-state index is 0. The highest BCUT2D eigenvalue weighted by atomic mass is 35.5. The van der Waals surface area contributed by atoms with E-state index in [4.69, 9.17) is 4.74 Å². The quantitative estimate of drug-likeness (QED) is 0.551. The number of nitrogens with zero attached hydrogens (tertiary/aromatic N) is 1. The Bertz CT molecular complexity index is 465. The second-order valence-corrected chi connectivity index (χ2v) is 6.28. The Hall–Kier alpha value is -1.06. The van der Waals surface area contributed by atoms with Crippen molar-refractivity contribution in [2.24, 2.45) is 0 Å². The molecule has 4 heteroatoms. The predicted octanol–water partition coefficient (Wildman–Crippen LogP) is -0.537. The van der Waals surface area contributed by atoms with Crippen molar-refractivity contribution in [3.05, 3.63) is 35.9 Å². The van der Waals surface area contributed by atoms with Crippen LogP contribution >= 0.6 is 0 Å². The summed E-state index contributed by atoms with van der Waals surface area (Å²) >= 11 is 0. The third-order valence-electron chi connectivity index (χ3n) is 4.62. The van der Waals surface area contributed by atoms with Gasteiger partial charge in [0, 0.05) is 12.8 Å². The molecule has 1 aromatic carbocycles. The molecule has 110 valence electrons. The average molecular weight is 296 g/mol. The molecule has 1 saturated carbocycles. The van der Waals surface area contributed by atoms with E-state index in [1.165, 1.54) is 12.8 Å². The van der Waals surface area contributed by atoms with Gasteiger partial charge in [0.05, 0.1) is 25.6 Å². The second-order valence-electron chi connectivity index (χ2n) is 6.28. The summed E-state index contributed by atoms with van der Waals surface area (Å²) in [6, 6.07) is 10.1. The lowest BCUT2D eigenvalue weighted by atomic mass is 9.96. The number of carbonyl (C=O) groups excluding carboxylic acids is 1. The molecule has 1 saturated heterocycles. The Labute approximate surface area is 126 Å². The Balaban J connectivity index is 0.00000147. The van der Waals surface area contributed by atoms with Crippen molar-refractivity contribution >= 4 is 5.97 Å². The van der Waals surface area contributed by atoms with Gasteiger partial charge in [0.25, 0.3) is 0 Å². The summed E-state index contributed by atoms with van der Waals surface area (Å²) in [5.74, 6) is -0.0232. The van der Waals surface area contributed by atoms with E-state index in [1.807, 2.05) is 30.3 Å². The largest absolute Gasteiger partial charge is 1.00 e. The number of esters is 1. The first-order valence-electron chi connectivity index (χ1n) is 7.21. The van der Waals surface area contributed by atoms with Gasteiger partial charge in [-0.25, -0.2) is 0 Å². The molecule has 2 aliphatic rings. The molecule has 0 unspecified atom stereocenters. The van der Waals surface area contributed by atoms with E-state index < -0.39 is 0 Å². The number of likely N-dealkylation sites (tertiary alicyclic amines) is 1. The standard InChI is InChI=1S/C16H22NO2.ClH/c1-17(11-5-6-12-17)13-19-15(18)16(9-10-16)14-7-3-2-4-8-14;/h2-4,7-8H,5-6,9-13H2,1H3;1H/q+1;/p-1. The zero-order chi connectivity index (χ0) is 13.3. The lowest BCUT2D eigenvalue weighted by Gasteiger charge is -2.28. The Morgan fingerprint density at radius 2 is 1.80 bits per heavy atom. The molecule has 3 nitrogen and oxygen atoms in total. The molecule has 20 heavy (non-hydrogen) atoms.